The molecule has 0 saturated carbocycles. The zero-order valence-electron chi connectivity index (χ0n) is 9.98. The first-order valence-electron chi connectivity index (χ1n) is 5.34. The fraction of sp³-hybridized carbons (Fsp3) is 0.583. The van der Waals surface area contributed by atoms with Gasteiger partial charge in [-0.3, -0.25) is 4.99 Å². The van der Waals surface area contributed by atoms with Crippen molar-refractivity contribution in [2.45, 2.75) is 32.7 Å². The Hall–Kier alpha value is -0.830. The van der Waals surface area contributed by atoms with Gasteiger partial charge in [-0.2, -0.15) is 0 Å². The van der Waals surface area contributed by atoms with E-state index in [1.807, 2.05) is 20.8 Å². The number of halogens is 2. The van der Waals surface area contributed by atoms with Crippen molar-refractivity contribution in [2.24, 2.45) is 10.4 Å². The van der Waals surface area contributed by atoms with E-state index in [-0.39, 0.29) is 5.41 Å². The molecule has 2 atom stereocenters. The lowest BCUT2D eigenvalue weighted by molar-refractivity contribution is 0.220. The molecule has 0 fully saturated rings. The fourth-order valence-corrected chi connectivity index (χ4v) is 2.12. The van der Waals surface area contributed by atoms with Crippen molar-refractivity contribution in [3.8, 4) is 0 Å². The van der Waals surface area contributed by atoms with Gasteiger partial charge in [0, 0.05) is 23.7 Å². The molecule has 1 aliphatic heterocycles. The van der Waals surface area contributed by atoms with Gasteiger partial charge in [0.1, 0.15) is 0 Å². The van der Waals surface area contributed by atoms with Crippen molar-refractivity contribution in [2.75, 3.05) is 6.54 Å². The van der Waals surface area contributed by atoms with Crippen LogP contribution < -0.4 is 5.32 Å². The molecule has 0 saturated heterocycles. The van der Waals surface area contributed by atoms with E-state index in [9.17, 15) is 4.39 Å². The Morgan fingerprint density at radius 3 is 2.75 bits per heavy atom. The van der Waals surface area contributed by atoms with Crippen LogP contribution in [-0.4, -0.2) is 18.3 Å². The van der Waals surface area contributed by atoms with Crippen LogP contribution >= 0.6 is 11.6 Å². The Balaban J connectivity index is 2.96. The number of nitrogens with one attached hydrogen (secondary N) is 1. The van der Waals surface area contributed by atoms with Crippen LogP contribution in [0.4, 0.5) is 4.39 Å². The summed E-state index contributed by atoms with van der Waals surface area (Å²) in [5.74, 6) is 0. The molecule has 0 bridgehead atoms. The summed E-state index contributed by atoms with van der Waals surface area (Å²) in [7, 11) is 0. The zero-order chi connectivity index (χ0) is 12.4. The number of nitrogens with zero attached hydrogens (tertiary/aromatic N) is 1. The Labute approximate surface area is 101 Å². The molecule has 0 aliphatic carbocycles. The summed E-state index contributed by atoms with van der Waals surface area (Å²) in [5.41, 5.74) is -0.0574. The lowest BCUT2D eigenvalue weighted by Crippen LogP contribution is -2.46. The summed E-state index contributed by atoms with van der Waals surface area (Å²) >= 11 is 5.68. The van der Waals surface area contributed by atoms with Crippen LogP contribution in [-0.2, 0) is 0 Å². The van der Waals surface area contributed by atoms with Crippen LogP contribution in [0.15, 0.2) is 28.6 Å². The maximum Gasteiger partial charge on any atom is 0.0945 e. The fourth-order valence-electron chi connectivity index (χ4n) is 2.05. The average Bonchev–Trinajstić information content (AvgIpc) is 2.50. The Bertz CT molecular complexity index is 351. The van der Waals surface area contributed by atoms with Gasteiger partial charge in [0.25, 0.3) is 0 Å². The molecule has 90 valence electrons. The van der Waals surface area contributed by atoms with E-state index in [0.717, 1.165) is 6.42 Å². The summed E-state index contributed by atoms with van der Waals surface area (Å²) in [6.07, 6.45) is 3.08. The smallest absolute Gasteiger partial charge is 0.0945 e. The quantitative estimate of drug-likeness (QED) is 0.754. The minimum atomic E-state index is -0.391. The topological polar surface area (TPSA) is 24.4 Å². The van der Waals surface area contributed by atoms with Crippen LogP contribution in [0.3, 0.4) is 0 Å². The first-order chi connectivity index (χ1) is 7.39. The summed E-state index contributed by atoms with van der Waals surface area (Å²) < 4.78 is 12.8. The van der Waals surface area contributed by atoms with Crippen LogP contribution in [0.1, 0.15) is 27.2 Å². The first-order valence-corrected chi connectivity index (χ1v) is 5.72. The minimum Gasteiger partial charge on any atom is -0.374 e. The summed E-state index contributed by atoms with van der Waals surface area (Å²) in [4.78, 5) is 4.42. The van der Waals surface area contributed by atoms with Gasteiger partial charge in [0.2, 0.25) is 0 Å². The maximum absolute atomic E-state index is 12.8. The van der Waals surface area contributed by atoms with Crippen molar-refractivity contribution in [3.05, 3.63) is 23.6 Å². The summed E-state index contributed by atoms with van der Waals surface area (Å²) in [6.45, 7) is 10.2. The van der Waals surface area contributed by atoms with Gasteiger partial charge >= 0.3 is 0 Å². The first kappa shape index (κ1) is 13.2. The predicted molar refractivity (Wildman–Crippen MR) is 67.5 cm³/mol. The summed E-state index contributed by atoms with van der Waals surface area (Å²) in [6, 6.07) is 0. The van der Waals surface area contributed by atoms with E-state index in [4.69, 9.17) is 11.6 Å². The second-order valence-electron chi connectivity index (χ2n) is 4.54. The Kier molecular flexibility index (Phi) is 3.79. The third-order valence-corrected chi connectivity index (χ3v) is 3.90. The van der Waals surface area contributed by atoms with Crippen molar-refractivity contribution in [1.29, 1.82) is 0 Å². The standard InChI is InChI=1S/C12H18ClFN2/c1-5-11(3)10(6-14)7-16-12(11,4)8-15-9(2)13/h6-7,15H,2,5,8H2,1,3-4H3/b10-6+/t11-,12+/m1/s1. The lowest BCUT2D eigenvalue weighted by Gasteiger charge is -2.39. The SMILES string of the molecule is C=C(Cl)NC[C@]1(C)N=C/C(=C\F)[C@@]1(C)CC. The maximum atomic E-state index is 12.8. The van der Waals surface area contributed by atoms with Gasteiger partial charge in [-0.25, -0.2) is 4.39 Å². The van der Waals surface area contributed by atoms with Gasteiger partial charge in [0.15, 0.2) is 0 Å². The number of hydrogen-bond donors (Lipinski definition) is 1. The van der Waals surface area contributed by atoms with Crippen molar-refractivity contribution in [3.63, 3.8) is 0 Å². The molecule has 0 unspecified atom stereocenters. The zero-order valence-corrected chi connectivity index (χ0v) is 10.7. The Morgan fingerprint density at radius 2 is 2.31 bits per heavy atom. The third kappa shape index (κ3) is 2.01. The number of rotatable bonds is 4. The van der Waals surface area contributed by atoms with Crippen LogP contribution in [0, 0.1) is 5.41 Å². The second-order valence-corrected chi connectivity index (χ2v) is 5.00. The molecule has 0 aromatic rings. The molecule has 0 aromatic carbocycles. The van der Waals surface area contributed by atoms with E-state index >= 15 is 0 Å². The molecule has 0 radical (unpaired) electrons. The molecule has 1 aliphatic rings. The van der Waals surface area contributed by atoms with Crippen LogP contribution in [0.2, 0.25) is 0 Å². The van der Waals surface area contributed by atoms with Crippen molar-refractivity contribution in [1.82, 2.24) is 5.32 Å². The van der Waals surface area contributed by atoms with Crippen molar-refractivity contribution < 1.29 is 4.39 Å². The summed E-state index contributed by atoms with van der Waals surface area (Å²) in [5, 5.41) is 3.35. The van der Waals surface area contributed by atoms with E-state index in [1.54, 1.807) is 6.21 Å². The minimum absolute atomic E-state index is 0.304. The second kappa shape index (κ2) is 4.58. The highest BCUT2D eigenvalue weighted by atomic mass is 35.5. The number of hydrogen-bond acceptors (Lipinski definition) is 2. The average molecular weight is 245 g/mol. The molecular formula is C12H18ClFN2. The largest absolute Gasteiger partial charge is 0.374 e. The molecule has 0 amide bonds. The molecule has 1 heterocycles. The van der Waals surface area contributed by atoms with E-state index in [0.29, 0.717) is 23.6 Å². The molecule has 4 heteroatoms. The monoisotopic (exact) mass is 244 g/mol. The van der Waals surface area contributed by atoms with Crippen molar-refractivity contribution >= 4 is 17.8 Å². The van der Waals surface area contributed by atoms with Gasteiger partial charge in [-0.05, 0) is 13.3 Å². The lowest BCUT2D eigenvalue weighted by atomic mass is 9.68. The highest BCUT2D eigenvalue weighted by molar-refractivity contribution is 6.28. The van der Waals surface area contributed by atoms with Gasteiger partial charge in [0.05, 0.1) is 17.0 Å². The normalized spacial score (nSPS) is 35.7. The molecule has 16 heavy (non-hydrogen) atoms. The molecule has 2 nitrogen and oxygen atoms in total. The molecule has 0 spiro atoms. The molecular weight excluding hydrogens is 227 g/mol. The predicted octanol–water partition coefficient (Wildman–Crippen LogP) is 3.40. The van der Waals surface area contributed by atoms with E-state index < -0.39 is 5.54 Å². The van der Waals surface area contributed by atoms with E-state index in [2.05, 4.69) is 16.9 Å². The van der Waals surface area contributed by atoms with Gasteiger partial charge < -0.3 is 5.32 Å². The van der Waals surface area contributed by atoms with Crippen LogP contribution in [0.25, 0.3) is 0 Å². The highest BCUT2D eigenvalue weighted by Gasteiger charge is 2.48. The Morgan fingerprint density at radius 1 is 1.69 bits per heavy atom. The molecule has 1 rings (SSSR count). The highest BCUT2D eigenvalue weighted by Crippen LogP contribution is 2.47. The van der Waals surface area contributed by atoms with Gasteiger partial charge in [-0.1, -0.05) is 32.0 Å². The van der Waals surface area contributed by atoms with Crippen LogP contribution in [0.5, 0.6) is 0 Å². The number of aliphatic imine (C=N–C) groups is 1. The van der Waals surface area contributed by atoms with Gasteiger partial charge in [-0.15, -0.1) is 0 Å². The third-order valence-electron chi connectivity index (χ3n) is 3.76. The molecule has 0 aromatic heterocycles. The molecule has 1 N–H and O–H groups in total. The van der Waals surface area contributed by atoms with E-state index in [1.165, 1.54) is 0 Å².